The summed E-state index contributed by atoms with van der Waals surface area (Å²) in [5.74, 6) is 0. The van der Waals surface area contributed by atoms with Gasteiger partial charge in [-0.05, 0) is 67.3 Å². The van der Waals surface area contributed by atoms with Gasteiger partial charge in [-0.15, -0.1) is 0 Å². The highest BCUT2D eigenvalue weighted by Gasteiger charge is 2.13. The summed E-state index contributed by atoms with van der Waals surface area (Å²) in [6.45, 7) is 4.55. The Bertz CT molecular complexity index is 892. The van der Waals surface area contributed by atoms with Crippen molar-refractivity contribution < 1.29 is 0 Å². The lowest BCUT2D eigenvalue weighted by Crippen LogP contribution is -2.18. The molecule has 1 aromatic heterocycles. The molecule has 0 aliphatic carbocycles. The number of rotatable bonds is 3. The number of fused-ring (bicyclic) bond motifs is 1. The molecule has 120 valence electrons. The van der Waals surface area contributed by atoms with Gasteiger partial charge in [-0.25, -0.2) is 0 Å². The molecule has 4 rings (SSSR count). The maximum atomic E-state index is 4.63. The van der Waals surface area contributed by atoms with Gasteiger partial charge in [-0.3, -0.25) is 9.98 Å². The Morgan fingerprint density at radius 2 is 1.92 bits per heavy atom. The van der Waals surface area contributed by atoms with Gasteiger partial charge < -0.3 is 4.90 Å². The van der Waals surface area contributed by atoms with Gasteiger partial charge in [0.05, 0.1) is 11.2 Å². The van der Waals surface area contributed by atoms with E-state index < -0.39 is 0 Å². The van der Waals surface area contributed by atoms with Crippen molar-refractivity contribution in [3.05, 3.63) is 65.9 Å². The predicted molar refractivity (Wildman–Crippen MR) is 102 cm³/mol. The van der Waals surface area contributed by atoms with Gasteiger partial charge >= 0.3 is 0 Å². The predicted octanol–water partition coefficient (Wildman–Crippen LogP) is 4.89. The zero-order valence-electron chi connectivity index (χ0n) is 13.9. The van der Waals surface area contributed by atoms with E-state index in [1.807, 2.05) is 30.6 Å². The van der Waals surface area contributed by atoms with E-state index in [4.69, 9.17) is 0 Å². The summed E-state index contributed by atoms with van der Waals surface area (Å²) in [5, 5.41) is 1.12. The van der Waals surface area contributed by atoms with Crippen LogP contribution in [0, 0.1) is 6.92 Å². The fourth-order valence-electron chi connectivity index (χ4n) is 3.36. The van der Waals surface area contributed by atoms with Crippen molar-refractivity contribution in [2.45, 2.75) is 19.8 Å². The normalized spacial score (nSPS) is 14.8. The van der Waals surface area contributed by atoms with Crippen molar-refractivity contribution in [1.82, 2.24) is 4.98 Å². The summed E-state index contributed by atoms with van der Waals surface area (Å²) in [4.78, 5) is 11.5. The third-order valence-corrected chi connectivity index (χ3v) is 4.62. The Labute approximate surface area is 142 Å². The molecule has 0 radical (unpaired) electrons. The lowest BCUT2D eigenvalue weighted by Gasteiger charge is -2.20. The first-order valence-corrected chi connectivity index (χ1v) is 8.54. The number of aromatic nitrogens is 1. The number of hydrogen-bond acceptors (Lipinski definition) is 3. The summed E-state index contributed by atoms with van der Waals surface area (Å²) in [6.07, 6.45) is 6.37. The molecule has 3 nitrogen and oxygen atoms in total. The Morgan fingerprint density at radius 3 is 2.75 bits per heavy atom. The first kappa shape index (κ1) is 14.9. The van der Waals surface area contributed by atoms with Gasteiger partial charge in [0.15, 0.2) is 0 Å². The quantitative estimate of drug-likeness (QED) is 0.644. The van der Waals surface area contributed by atoms with Crippen LogP contribution in [0.3, 0.4) is 0 Å². The van der Waals surface area contributed by atoms with Crippen LogP contribution in [-0.2, 0) is 0 Å². The van der Waals surface area contributed by atoms with Crippen LogP contribution in [0.5, 0.6) is 0 Å². The van der Waals surface area contributed by atoms with E-state index in [-0.39, 0.29) is 0 Å². The lowest BCUT2D eigenvalue weighted by molar-refractivity contribution is 0.949. The standard InChI is InChI=1S/C21H21N3/c1-16-13-17(6-9-21(16)24-11-2-3-12-24)15-23-19-7-8-20-18(14-19)5-4-10-22-20/h4-10,13-15H,2-3,11-12H2,1H3. The molecule has 3 heteroatoms. The zero-order chi connectivity index (χ0) is 16.4. The Balaban J connectivity index is 1.57. The molecule has 0 saturated carbocycles. The number of hydrogen-bond donors (Lipinski definition) is 0. The van der Waals surface area contributed by atoms with Gasteiger partial charge in [0.1, 0.15) is 0 Å². The molecule has 1 saturated heterocycles. The highest BCUT2D eigenvalue weighted by molar-refractivity contribution is 5.86. The highest BCUT2D eigenvalue weighted by atomic mass is 15.1. The van der Waals surface area contributed by atoms with Crippen LogP contribution >= 0.6 is 0 Å². The molecular formula is C21H21N3. The number of anilines is 1. The van der Waals surface area contributed by atoms with Crippen LogP contribution in [0.2, 0.25) is 0 Å². The minimum atomic E-state index is 0.955. The SMILES string of the molecule is Cc1cc(C=Nc2ccc3ncccc3c2)ccc1N1CCCC1. The van der Waals surface area contributed by atoms with E-state index >= 15 is 0 Å². The van der Waals surface area contributed by atoms with Crippen molar-refractivity contribution in [3.8, 4) is 0 Å². The second-order valence-corrected chi connectivity index (χ2v) is 6.38. The van der Waals surface area contributed by atoms with Crippen LogP contribution in [0.15, 0.2) is 59.7 Å². The first-order valence-electron chi connectivity index (χ1n) is 8.54. The van der Waals surface area contributed by atoms with Crippen molar-refractivity contribution in [2.24, 2.45) is 4.99 Å². The van der Waals surface area contributed by atoms with Crippen LogP contribution in [-0.4, -0.2) is 24.3 Å². The number of nitrogens with zero attached hydrogens (tertiary/aromatic N) is 3. The zero-order valence-corrected chi connectivity index (χ0v) is 13.9. The Kier molecular flexibility index (Phi) is 3.99. The van der Waals surface area contributed by atoms with E-state index in [0.717, 1.165) is 22.2 Å². The molecule has 0 amide bonds. The minimum absolute atomic E-state index is 0.955. The summed E-state index contributed by atoms with van der Waals surface area (Å²) in [6, 6.07) is 16.7. The monoisotopic (exact) mass is 315 g/mol. The fraction of sp³-hybridized carbons (Fsp3) is 0.238. The maximum absolute atomic E-state index is 4.63. The van der Waals surface area contributed by atoms with Crippen molar-refractivity contribution in [3.63, 3.8) is 0 Å². The number of aryl methyl sites for hydroxylation is 1. The molecule has 2 heterocycles. The van der Waals surface area contributed by atoms with E-state index in [0.29, 0.717) is 0 Å². The van der Waals surface area contributed by atoms with Gasteiger partial charge in [0.2, 0.25) is 0 Å². The molecule has 1 aliphatic rings. The second-order valence-electron chi connectivity index (χ2n) is 6.38. The Hall–Kier alpha value is -2.68. The van der Waals surface area contributed by atoms with Crippen LogP contribution < -0.4 is 4.90 Å². The average molecular weight is 315 g/mol. The summed E-state index contributed by atoms with van der Waals surface area (Å²) >= 11 is 0. The van der Waals surface area contributed by atoms with Crippen LogP contribution in [0.4, 0.5) is 11.4 Å². The van der Waals surface area contributed by atoms with Gasteiger partial charge in [0.25, 0.3) is 0 Å². The van der Waals surface area contributed by atoms with E-state index in [1.54, 1.807) is 0 Å². The smallest absolute Gasteiger partial charge is 0.0703 e. The summed E-state index contributed by atoms with van der Waals surface area (Å²) < 4.78 is 0. The molecule has 0 bridgehead atoms. The van der Waals surface area contributed by atoms with Gasteiger partial charge in [-0.2, -0.15) is 0 Å². The van der Waals surface area contributed by atoms with E-state index in [9.17, 15) is 0 Å². The molecule has 0 atom stereocenters. The third kappa shape index (κ3) is 3.02. The van der Waals surface area contributed by atoms with Crippen molar-refractivity contribution in [2.75, 3.05) is 18.0 Å². The average Bonchev–Trinajstić information content (AvgIpc) is 3.14. The number of pyridine rings is 1. The first-order chi connectivity index (χ1) is 11.8. The van der Waals surface area contributed by atoms with E-state index in [1.165, 1.54) is 37.2 Å². The molecule has 0 spiro atoms. The largest absolute Gasteiger partial charge is 0.371 e. The fourth-order valence-corrected chi connectivity index (χ4v) is 3.36. The maximum Gasteiger partial charge on any atom is 0.0703 e. The third-order valence-electron chi connectivity index (χ3n) is 4.62. The molecule has 1 aliphatic heterocycles. The number of aliphatic imine (C=N–C) groups is 1. The van der Waals surface area contributed by atoms with Crippen molar-refractivity contribution in [1.29, 1.82) is 0 Å². The number of benzene rings is 2. The molecule has 24 heavy (non-hydrogen) atoms. The van der Waals surface area contributed by atoms with Crippen LogP contribution in [0.1, 0.15) is 24.0 Å². The van der Waals surface area contributed by atoms with E-state index in [2.05, 4.69) is 52.1 Å². The molecule has 0 unspecified atom stereocenters. The molecule has 0 N–H and O–H groups in total. The van der Waals surface area contributed by atoms with Crippen molar-refractivity contribution >= 4 is 28.5 Å². The second kappa shape index (κ2) is 6.44. The van der Waals surface area contributed by atoms with Gasteiger partial charge in [-0.1, -0.05) is 12.1 Å². The summed E-state index contributed by atoms with van der Waals surface area (Å²) in [7, 11) is 0. The molecule has 1 fully saturated rings. The van der Waals surface area contributed by atoms with Crippen LogP contribution in [0.25, 0.3) is 10.9 Å². The molecule has 2 aromatic carbocycles. The van der Waals surface area contributed by atoms with Gasteiger partial charge in [0, 0.05) is 36.6 Å². The lowest BCUT2D eigenvalue weighted by atomic mass is 10.1. The molecular weight excluding hydrogens is 294 g/mol. The minimum Gasteiger partial charge on any atom is -0.371 e. The highest BCUT2D eigenvalue weighted by Crippen LogP contribution is 2.25. The Morgan fingerprint density at radius 1 is 1.04 bits per heavy atom. The molecule has 3 aromatic rings. The topological polar surface area (TPSA) is 28.5 Å². The summed E-state index contributed by atoms with van der Waals surface area (Å²) in [5.41, 5.74) is 5.78.